The van der Waals surface area contributed by atoms with E-state index >= 15 is 0 Å². The van der Waals surface area contributed by atoms with Crippen LogP contribution in [0.2, 0.25) is 0 Å². The minimum absolute atomic E-state index is 1.00. The normalized spacial score (nSPS) is 8.00. The van der Waals surface area contributed by atoms with Crippen LogP contribution >= 0.6 is 15.6 Å². The van der Waals surface area contributed by atoms with Gasteiger partial charge in [-0.25, -0.2) is 0 Å². The second-order valence-electron chi connectivity index (χ2n) is 0.149. The molecule has 0 unspecified atom stereocenters. The maximum atomic E-state index is 4.49. The van der Waals surface area contributed by atoms with Gasteiger partial charge in [-0.2, -0.15) is 0 Å². The zero-order valence-electron chi connectivity index (χ0n) is 1.67. The van der Waals surface area contributed by atoms with E-state index in [1.807, 2.05) is 18.5 Å². The third kappa shape index (κ3) is 3.56. The van der Waals surface area contributed by atoms with E-state index in [4.69, 9.17) is 0 Å². The maximum absolute atomic E-state index is 4.49. The van der Waals surface area contributed by atoms with Gasteiger partial charge in [0.2, 0.25) is 0 Å². The first-order valence-corrected chi connectivity index (χ1v) is 6.24. The van der Waals surface area contributed by atoms with Gasteiger partial charge in [0.15, 0.2) is 0 Å². The van der Waals surface area contributed by atoms with Crippen LogP contribution in [0.4, 0.5) is 0 Å². The standard InChI is InChI=1S/Mo.HPS2/c;2-1-3/h;(H,2,3)/q+1;/p-1. The van der Waals surface area contributed by atoms with Gasteiger partial charge in [0.05, 0.1) is 0 Å². The van der Waals surface area contributed by atoms with Crippen LogP contribution < -0.4 is 0 Å². The molecule has 0 bridgehead atoms. The van der Waals surface area contributed by atoms with Gasteiger partial charge in [-0.05, 0) is 0 Å². The molecule has 4 heavy (non-hydrogen) atoms. The molecule has 0 radical (unpaired) electrons. The minimum atomic E-state index is 1.00. The van der Waals surface area contributed by atoms with Gasteiger partial charge in [-0.1, -0.05) is 0 Å². The van der Waals surface area contributed by atoms with Crippen LogP contribution in [-0.2, 0) is 30.3 Å². The van der Waals surface area contributed by atoms with Crippen LogP contribution in [0.15, 0.2) is 0 Å². The van der Waals surface area contributed by atoms with Crippen LogP contribution in [0.3, 0.4) is 0 Å². The number of hydrogen-bond donors (Lipinski definition) is 0. The summed E-state index contributed by atoms with van der Waals surface area (Å²) in [7, 11) is 1.65. The van der Waals surface area contributed by atoms with Crippen molar-refractivity contribution in [3.8, 4) is 0 Å². The molecule has 0 saturated carbocycles. The Morgan fingerprint density at radius 1 is 2.00 bits per heavy atom. The van der Waals surface area contributed by atoms with Crippen molar-refractivity contribution in [2.45, 2.75) is 0 Å². The SMILES string of the molecule is S=P[S][Mo]. The van der Waals surface area contributed by atoms with E-state index in [1.54, 1.807) is 9.09 Å². The molecular weight excluding hydrogens is 191 g/mol. The Labute approximate surface area is 45.9 Å². The van der Waals surface area contributed by atoms with Crippen LogP contribution in [0, 0.1) is 0 Å². The molecule has 0 aromatic heterocycles. The summed E-state index contributed by atoms with van der Waals surface area (Å²) in [5.41, 5.74) is 0. The molecule has 0 rings (SSSR count). The quantitative estimate of drug-likeness (QED) is 0.455. The monoisotopic (exact) mass is 193 g/mol. The fourth-order valence-electron chi connectivity index (χ4n) is 0. The molecule has 0 spiro atoms. The van der Waals surface area contributed by atoms with Crippen LogP contribution in [0.5, 0.6) is 0 Å². The second-order valence-corrected chi connectivity index (χ2v) is 5.98. The van der Waals surface area contributed by atoms with Crippen molar-refractivity contribution < 1.29 is 18.5 Å². The van der Waals surface area contributed by atoms with Gasteiger partial charge in [-0.15, -0.1) is 0 Å². The summed E-state index contributed by atoms with van der Waals surface area (Å²) < 4.78 is 0. The molecule has 0 aromatic carbocycles. The Morgan fingerprint density at radius 3 is 2.25 bits per heavy atom. The summed E-state index contributed by atoms with van der Waals surface area (Å²) in [4.78, 5) is 0. The van der Waals surface area contributed by atoms with Crippen molar-refractivity contribution in [1.29, 1.82) is 0 Å². The Bertz CT molecular complexity index is 20.0. The van der Waals surface area contributed by atoms with E-state index in [9.17, 15) is 0 Å². The molecule has 0 saturated heterocycles. The average Bonchev–Trinajstić information content (AvgIpc) is 1.37. The van der Waals surface area contributed by atoms with Crippen LogP contribution in [-0.4, -0.2) is 0 Å². The van der Waals surface area contributed by atoms with Gasteiger partial charge >= 0.3 is 46.0 Å². The first-order chi connectivity index (χ1) is 1.91. The zero-order chi connectivity index (χ0) is 3.41. The molecule has 0 nitrogen and oxygen atoms in total. The molecular formula is MoPS2. The molecule has 0 aliphatic heterocycles. The van der Waals surface area contributed by atoms with Gasteiger partial charge in [0, 0.05) is 0 Å². The van der Waals surface area contributed by atoms with Crippen molar-refractivity contribution in [1.82, 2.24) is 0 Å². The van der Waals surface area contributed by atoms with Crippen molar-refractivity contribution in [2.24, 2.45) is 0 Å². The van der Waals surface area contributed by atoms with Crippen molar-refractivity contribution in [3.63, 3.8) is 0 Å². The molecule has 0 aromatic rings. The zero-order valence-corrected chi connectivity index (χ0v) is 6.21. The molecule has 0 amide bonds. The van der Waals surface area contributed by atoms with E-state index < -0.39 is 0 Å². The first kappa shape index (κ1) is 5.56. The predicted octanol–water partition coefficient (Wildman–Crippen LogP) is 1.50. The molecule has 23 valence electrons. The first-order valence-electron chi connectivity index (χ1n) is 0.532. The molecule has 0 atom stereocenters. The van der Waals surface area contributed by atoms with Crippen molar-refractivity contribution in [3.05, 3.63) is 0 Å². The molecule has 0 heterocycles. The van der Waals surface area contributed by atoms with E-state index in [0.29, 0.717) is 0 Å². The summed E-state index contributed by atoms with van der Waals surface area (Å²) in [6.07, 6.45) is 0. The Kier molecular flexibility index (Phi) is 6.33. The van der Waals surface area contributed by atoms with Crippen molar-refractivity contribution >= 4 is 27.5 Å². The Hall–Kier alpha value is 1.56. The topological polar surface area (TPSA) is 0 Å². The second kappa shape index (κ2) is 4.56. The van der Waals surface area contributed by atoms with Gasteiger partial charge in [0.1, 0.15) is 0 Å². The third-order valence-corrected chi connectivity index (χ3v) is 4.86. The fraction of sp³-hybridized carbons (Fsp3) is 0. The van der Waals surface area contributed by atoms with Gasteiger partial charge in [-0.3, -0.25) is 0 Å². The van der Waals surface area contributed by atoms with E-state index in [-0.39, 0.29) is 0 Å². The predicted molar refractivity (Wildman–Crippen MR) is 21.9 cm³/mol. The van der Waals surface area contributed by atoms with Crippen molar-refractivity contribution in [2.75, 3.05) is 0 Å². The molecule has 0 aliphatic carbocycles. The fourth-order valence-corrected chi connectivity index (χ4v) is 0. The molecule has 0 fully saturated rings. The molecule has 0 N–H and O–H groups in total. The molecule has 0 aliphatic rings. The van der Waals surface area contributed by atoms with Gasteiger partial charge < -0.3 is 0 Å². The summed E-state index contributed by atoms with van der Waals surface area (Å²) in [6, 6.07) is 0. The summed E-state index contributed by atoms with van der Waals surface area (Å²) >= 11 is 6.41. The van der Waals surface area contributed by atoms with Crippen LogP contribution in [0.25, 0.3) is 0 Å². The van der Waals surface area contributed by atoms with Gasteiger partial charge in [0.25, 0.3) is 0 Å². The van der Waals surface area contributed by atoms with E-state index in [0.717, 1.165) is 6.56 Å². The van der Waals surface area contributed by atoms with E-state index in [1.165, 1.54) is 0 Å². The third-order valence-electron chi connectivity index (χ3n) is 0.0304. The van der Waals surface area contributed by atoms with Crippen LogP contribution in [0.1, 0.15) is 0 Å². The summed E-state index contributed by atoms with van der Waals surface area (Å²) in [6.45, 7) is 1.00. The summed E-state index contributed by atoms with van der Waals surface area (Å²) in [5, 5.41) is 0. The number of rotatable bonds is 1. The number of hydrogen-bond acceptors (Lipinski definition) is 2. The Balaban J connectivity index is 2.30. The van der Waals surface area contributed by atoms with E-state index in [2.05, 4.69) is 11.8 Å². The Morgan fingerprint density at radius 2 is 2.25 bits per heavy atom. The summed E-state index contributed by atoms with van der Waals surface area (Å²) in [5.74, 6) is 0. The average molecular weight is 191 g/mol. The molecule has 4 heteroatoms.